The summed E-state index contributed by atoms with van der Waals surface area (Å²) in [4.78, 5) is 23.6. The normalized spacial score (nSPS) is 28.8. The SMILES string of the molecule is C=CC(=O)C(C(=O)C=C)C1CCC(N)C(C)C1. The topological polar surface area (TPSA) is 60.2 Å². The van der Waals surface area contributed by atoms with Crippen LogP contribution in [-0.2, 0) is 9.59 Å². The molecule has 0 bridgehead atoms. The van der Waals surface area contributed by atoms with Crippen molar-refractivity contribution in [1.29, 1.82) is 0 Å². The second-order valence-corrected chi connectivity index (χ2v) is 4.90. The van der Waals surface area contributed by atoms with Gasteiger partial charge in [0.1, 0.15) is 0 Å². The van der Waals surface area contributed by atoms with E-state index in [1.165, 1.54) is 12.2 Å². The van der Waals surface area contributed by atoms with Gasteiger partial charge in [0, 0.05) is 6.04 Å². The highest BCUT2D eigenvalue weighted by Gasteiger charge is 2.36. The third kappa shape index (κ3) is 3.13. The van der Waals surface area contributed by atoms with E-state index in [1.54, 1.807) is 0 Å². The maximum absolute atomic E-state index is 11.8. The lowest BCUT2D eigenvalue weighted by Gasteiger charge is -2.34. The highest BCUT2D eigenvalue weighted by molar-refractivity contribution is 6.11. The summed E-state index contributed by atoms with van der Waals surface area (Å²) in [5, 5.41) is 0. The highest BCUT2D eigenvalue weighted by atomic mass is 16.1. The van der Waals surface area contributed by atoms with E-state index in [-0.39, 0.29) is 23.5 Å². The zero-order valence-electron chi connectivity index (χ0n) is 10.4. The molecule has 1 rings (SSSR count). The van der Waals surface area contributed by atoms with Crippen molar-refractivity contribution in [3.63, 3.8) is 0 Å². The zero-order chi connectivity index (χ0) is 13.0. The molecule has 2 N–H and O–H groups in total. The van der Waals surface area contributed by atoms with E-state index in [9.17, 15) is 9.59 Å². The predicted octanol–water partition coefficient (Wildman–Crippen LogP) is 1.88. The number of hydrogen-bond donors (Lipinski definition) is 1. The number of ketones is 2. The molecule has 3 unspecified atom stereocenters. The molecule has 0 spiro atoms. The van der Waals surface area contributed by atoms with Crippen LogP contribution in [0.15, 0.2) is 25.3 Å². The summed E-state index contributed by atoms with van der Waals surface area (Å²) in [5.74, 6) is -0.544. The fraction of sp³-hybridized carbons (Fsp3) is 0.571. The van der Waals surface area contributed by atoms with Gasteiger partial charge in [-0.2, -0.15) is 0 Å². The molecule has 3 nitrogen and oxygen atoms in total. The van der Waals surface area contributed by atoms with Crippen molar-refractivity contribution >= 4 is 11.6 Å². The van der Waals surface area contributed by atoms with Gasteiger partial charge < -0.3 is 5.73 Å². The Morgan fingerprint density at radius 1 is 1.24 bits per heavy atom. The molecule has 0 aliphatic heterocycles. The number of nitrogens with two attached hydrogens (primary N) is 1. The van der Waals surface area contributed by atoms with Crippen LogP contribution in [0.3, 0.4) is 0 Å². The fourth-order valence-electron chi connectivity index (χ4n) is 2.62. The lowest BCUT2D eigenvalue weighted by molar-refractivity contribution is -0.130. The van der Waals surface area contributed by atoms with E-state index in [0.717, 1.165) is 19.3 Å². The molecule has 0 radical (unpaired) electrons. The number of hydrogen-bond acceptors (Lipinski definition) is 3. The van der Waals surface area contributed by atoms with Crippen LogP contribution in [0, 0.1) is 17.8 Å². The van der Waals surface area contributed by atoms with Crippen LogP contribution in [0.5, 0.6) is 0 Å². The maximum Gasteiger partial charge on any atom is 0.166 e. The average molecular weight is 235 g/mol. The van der Waals surface area contributed by atoms with Gasteiger partial charge in [-0.1, -0.05) is 20.1 Å². The Morgan fingerprint density at radius 2 is 1.76 bits per heavy atom. The summed E-state index contributed by atoms with van der Waals surface area (Å²) >= 11 is 0. The Morgan fingerprint density at radius 3 is 2.18 bits per heavy atom. The molecule has 1 aliphatic carbocycles. The first-order valence-electron chi connectivity index (χ1n) is 6.09. The first-order chi connectivity index (χ1) is 8.01. The minimum absolute atomic E-state index is 0.0841. The van der Waals surface area contributed by atoms with Crippen LogP contribution >= 0.6 is 0 Å². The monoisotopic (exact) mass is 235 g/mol. The van der Waals surface area contributed by atoms with Crippen LogP contribution in [-0.4, -0.2) is 17.6 Å². The highest BCUT2D eigenvalue weighted by Crippen LogP contribution is 2.34. The van der Waals surface area contributed by atoms with E-state index in [1.807, 2.05) is 0 Å². The molecule has 0 heterocycles. The van der Waals surface area contributed by atoms with Crippen molar-refractivity contribution in [1.82, 2.24) is 0 Å². The molecule has 0 aromatic carbocycles. The molecule has 1 fully saturated rings. The van der Waals surface area contributed by atoms with Gasteiger partial charge in [-0.15, -0.1) is 0 Å². The summed E-state index contributed by atoms with van der Waals surface area (Å²) in [6, 6.07) is 0.185. The van der Waals surface area contributed by atoms with Crippen molar-refractivity contribution in [2.45, 2.75) is 32.2 Å². The predicted molar refractivity (Wildman–Crippen MR) is 68.4 cm³/mol. The molecular formula is C14H21NO2. The lowest BCUT2D eigenvalue weighted by Crippen LogP contribution is -2.40. The zero-order valence-corrected chi connectivity index (χ0v) is 10.4. The average Bonchev–Trinajstić information content (AvgIpc) is 2.33. The van der Waals surface area contributed by atoms with Crippen molar-refractivity contribution in [3.8, 4) is 0 Å². The first kappa shape index (κ1) is 13.8. The molecule has 94 valence electrons. The second kappa shape index (κ2) is 5.92. The van der Waals surface area contributed by atoms with Gasteiger partial charge in [0.25, 0.3) is 0 Å². The van der Waals surface area contributed by atoms with Crippen LogP contribution in [0.4, 0.5) is 0 Å². The summed E-state index contributed by atoms with van der Waals surface area (Å²) in [5.41, 5.74) is 5.95. The van der Waals surface area contributed by atoms with Crippen LogP contribution in [0.1, 0.15) is 26.2 Å². The largest absolute Gasteiger partial charge is 0.327 e. The molecule has 3 heteroatoms. The molecule has 0 aromatic heterocycles. The molecule has 0 aromatic rings. The Hall–Kier alpha value is -1.22. The lowest BCUT2D eigenvalue weighted by atomic mass is 9.71. The molecule has 1 saturated carbocycles. The summed E-state index contributed by atoms with van der Waals surface area (Å²) in [6.45, 7) is 9.01. The van der Waals surface area contributed by atoms with E-state index in [2.05, 4.69) is 20.1 Å². The Bertz CT molecular complexity index is 315. The molecule has 3 atom stereocenters. The van der Waals surface area contributed by atoms with Gasteiger partial charge in [-0.05, 0) is 43.3 Å². The second-order valence-electron chi connectivity index (χ2n) is 4.90. The molecular weight excluding hydrogens is 214 g/mol. The van der Waals surface area contributed by atoms with Crippen LogP contribution < -0.4 is 5.73 Å². The van der Waals surface area contributed by atoms with Gasteiger partial charge in [0.2, 0.25) is 0 Å². The molecule has 17 heavy (non-hydrogen) atoms. The Balaban J connectivity index is 2.84. The number of carbonyl (C=O) groups excluding carboxylic acids is 2. The van der Waals surface area contributed by atoms with Crippen molar-refractivity contribution in [3.05, 3.63) is 25.3 Å². The van der Waals surface area contributed by atoms with E-state index in [0.29, 0.717) is 5.92 Å². The molecule has 1 aliphatic rings. The minimum Gasteiger partial charge on any atom is -0.327 e. The third-order valence-electron chi connectivity index (χ3n) is 3.76. The number of carbonyl (C=O) groups is 2. The maximum atomic E-state index is 11.8. The van der Waals surface area contributed by atoms with Crippen LogP contribution in [0.2, 0.25) is 0 Å². The van der Waals surface area contributed by atoms with E-state index in [4.69, 9.17) is 5.73 Å². The minimum atomic E-state index is -0.597. The Labute approximate surface area is 103 Å². The van der Waals surface area contributed by atoms with E-state index >= 15 is 0 Å². The summed E-state index contributed by atoms with van der Waals surface area (Å²) in [6.07, 6.45) is 5.01. The summed E-state index contributed by atoms with van der Waals surface area (Å²) in [7, 11) is 0. The van der Waals surface area contributed by atoms with Gasteiger partial charge in [0.15, 0.2) is 11.6 Å². The number of allylic oxidation sites excluding steroid dienone is 2. The standard InChI is InChI=1S/C14H21NO2/c1-4-12(16)14(13(17)5-2)10-6-7-11(15)9(3)8-10/h4-5,9-11,14H,1-2,6-8,15H2,3H3. The number of rotatable bonds is 5. The third-order valence-corrected chi connectivity index (χ3v) is 3.76. The quantitative estimate of drug-likeness (QED) is 0.584. The van der Waals surface area contributed by atoms with E-state index < -0.39 is 5.92 Å². The Kier molecular flexibility index (Phi) is 4.82. The molecule has 0 saturated heterocycles. The van der Waals surface area contributed by atoms with Crippen molar-refractivity contribution in [2.75, 3.05) is 0 Å². The smallest absolute Gasteiger partial charge is 0.166 e. The van der Waals surface area contributed by atoms with Crippen LogP contribution in [0.25, 0.3) is 0 Å². The van der Waals surface area contributed by atoms with Gasteiger partial charge in [-0.25, -0.2) is 0 Å². The van der Waals surface area contributed by atoms with Crippen molar-refractivity contribution < 1.29 is 9.59 Å². The van der Waals surface area contributed by atoms with Gasteiger partial charge in [-0.3, -0.25) is 9.59 Å². The van der Waals surface area contributed by atoms with Gasteiger partial charge >= 0.3 is 0 Å². The fourth-order valence-corrected chi connectivity index (χ4v) is 2.62. The first-order valence-corrected chi connectivity index (χ1v) is 6.09. The molecule has 0 amide bonds. The van der Waals surface area contributed by atoms with Crippen molar-refractivity contribution in [2.24, 2.45) is 23.5 Å². The summed E-state index contributed by atoms with van der Waals surface area (Å²) < 4.78 is 0. The van der Waals surface area contributed by atoms with Gasteiger partial charge in [0.05, 0.1) is 5.92 Å².